The van der Waals surface area contributed by atoms with Gasteiger partial charge in [-0.1, -0.05) is 0 Å². The highest BCUT2D eigenvalue weighted by molar-refractivity contribution is 7.99. The monoisotopic (exact) mass is 297 g/mol. The summed E-state index contributed by atoms with van der Waals surface area (Å²) in [6, 6.07) is 7.18. The lowest BCUT2D eigenvalue weighted by Gasteiger charge is -2.19. The molecule has 0 spiro atoms. The molecule has 1 aromatic rings. The van der Waals surface area contributed by atoms with Crippen LogP contribution in [0.5, 0.6) is 0 Å². The van der Waals surface area contributed by atoms with Gasteiger partial charge in [0.1, 0.15) is 5.60 Å². The van der Waals surface area contributed by atoms with Crippen molar-refractivity contribution in [1.82, 2.24) is 0 Å². The number of aliphatic carboxylic acids is 1. The number of thioether (sulfide) groups is 1. The Hall–Kier alpha value is -1.69. The zero-order chi connectivity index (χ0) is 15.2. The van der Waals surface area contributed by atoms with Crippen molar-refractivity contribution in [3.8, 4) is 0 Å². The summed E-state index contributed by atoms with van der Waals surface area (Å²) in [5, 5.41) is 11.2. The van der Waals surface area contributed by atoms with E-state index >= 15 is 0 Å². The molecule has 0 aromatic heterocycles. The van der Waals surface area contributed by atoms with Crippen molar-refractivity contribution in [3.63, 3.8) is 0 Å². The van der Waals surface area contributed by atoms with Crippen LogP contribution in [0.2, 0.25) is 0 Å². The van der Waals surface area contributed by atoms with Crippen molar-refractivity contribution in [3.05, 3.63) is 24.3 Å². The van der Waals surface area contributed by atoms with Gasteiger partial charge in [-0.05, 0) is 45.0 Å². The van der Waals surface area contributed by atoms with E-state index in [-0.39, 0.29) is 6.42 Å². The number of ether oxygens (including phenoxy) is 1. The van der Waals surface area contributed by atoms with Gasteiger partial charge in [0.15, 0.2) is 0 Å². The van der Waals surface area contributed by atoms with Gasteiger partial charge in [0.2, 0.25) is 0 Å². The van der Waals surface area contributed by atoms with Crippen molar-refractivity contribution < 1.29 is 19.4 Å². The topological polar surface area (TPSA) is 75.6 Å². The molecule has 1 rings (SSSR count). The highest BCUT2D eigenvalue weighted by atomic mass is 32.2. The number of nitrogens with one attached hydrogen (secondary N) is 1. The molecule has 0 bridgehead atoms. The van der Waals surface area contributed by atoms with Crippen LogP contribution in [0.3, 0.4) is 0 Å². The number of carbonyl (C=O) groups excluding carboxylic acids is 1. The average Bonchev–Trinajstić information content (AvgIpc) is 2.28. The third-order valence-electron chi connectivity index (χ3n) is 2.08. The lowest BCUT2D eigenvalue weighted by atomic mass is 10.2. The van der Waals surface area contributed by atoms with Crippen molar-refractivity contribution >= 4 is 29.5 Å². The second-order valence-electron chi connectivity index (χ2n) is 5.14. The van der Waals surface area contributed by atoms with Gasteiger partial charge < -0.3 is 9.84 Å². The second kappa shape index (κ2) is 7.19. The van der Waals surface area contributed by atoms with Crippen LogP contribution in [0.4, 0.5) is 10.5 Å². The molecule has 1 aromatic carbocycles. The summed E-state index contributed by atoms with van der Waals surface area (Å²) in [4.78, 5) is 22.9. The summed E-state index contributed by atoms with van der Waals surface area (Å²) in [6.07, 6.45) is -0.369. The maximum Gasteiger partial charge on any atom is 0.412 e. The zero-order valence-corrected chi connectivity index (χ0v) is 12.6. The van der Waals surface area contributed by atoms with Crippen LogP contribution in [-0.2, 0) is 9.53 Å². The molecule has 5 nitrogen and oxygen atoms in total. The summed E-state index contributed by atoms with van der Waals surface area (Å²) in [5.41, 5.74) is 0.110. The number of carboxylic acids is 1. The molecule has 1 amide bonds. The first-order valence-corrected chi connectivity index (χ1v) is 7.19. The van der Waals surface area contributed by atoms with E-state index in [1.54, 1.807) is 32.9 Å². The first-order chi connectivity index (χ1) is 9.26. The van der Waals surface area contributed by atoms with Crippen LogP contribution in [0.1, 0.15) is 27.2 Å². The van der Waals surface area contributed by atoms with Crippen LogP contribution in [0, 0.1) is 0 Å². The lowest BCUT2D eigenvalue weighted by Crippen LogP contribution is -2.27. The minimum absolute atomic E-state index is 0.128. The largest absolute Gasteiger partial charge is 0.481 e. The Labute approximate surface area is 122 Å². The summed E-state index contributed by atoms with van der Waals surface area (Å²) in [5.74, 6) is -0.283. The van der Waals surface area contributed by atoms with Crippen molar-refractivity contribution in [2.24, 2.45) is 0 Å². The molecule has 6 heteroatoms. The van der Waals surface area contributed by atoms with Gasteiger partial charge >= 0.3 is 12.1 Å². The Morgan fingerprint density at radius 2 is 1.85 bits per heavy atom. The van der Waals surface area contributed by atoms with Crippen LogP contribution in [0.25, 0.3) is 0 Å². The molecular formula is C14H19NO4S. The van der Waals surface area contributed by atoms with E-state index in [4.69, 9.17) is 9.84 Å². The van der Waals surface area contributed by atoms with Gasteiger partial charge in [0.25, 0.3) is 0 Å². The van der Waals surface area contributed by atoms with E-state index in [0.717, 1.165) is 4.90 Å². The number of hydrogen-bond acceptors (Lipinski definition) is 4. The second-order valence-corrected chi connectivity index (χ2v) is 6.31. The maximum absolute atomic E-state index is 11.6. The maximum atomic E-state index is 11.6. The fraction of sp³-hybridized carbons (Fsp3) is 0.429. The third kappa shape index (κ3) is 7.04. The van der Waals surface area contributed by atoms with Crippen LogP contribution in [-0.4, -0.2) is 28.5 Å². The standard InChI is InChI=1S/C14H19NO4S/c1-14(2,3)19-13(18)15-10-4-6-11(7-5-10)20-9-8-12(16)17/h4-7H,8-9H2,1-3H3,(H,15,18)(H,16,17). The van der Waals surface area contributed by atoms with E-state index in [2.05, 4.69) is 5.32 Å². The normalized spacial score (nSPS) is 10.9. The SMILES string of the molecule is CC(C)(C)OC(=O)Nc1ccc(SCCC(=O)O)cc1. The molecule has 0 aliphatic rings. The fourth-order valence-electron chi connectivity index (χ4n) is 1.31. The highest BCUT2D eigenvalue weighted by Crippen LogP contribution is 2.21. The third-order valence-corrected chi connectivity index (χ3v) is 3.10. The number of benzene rings is 1. The van der Waals surface area contributed by atoms with Gasteiger partial charge in [-0.2, -0.15) is 0 Å². The van der Waals surface area contributed by atoms with Gasteiger partial charge in [0.05, 0.1) is 6.42 Å². The van der Waals surface area contributed by atoms with Gasteiger partial charge in [-0.25, -0.2) is 4.79 Å². The molecule has 0 heterocycles. The van der Waals surface area contributed by atoms with Crippen LogP contribution in [0.15, 0.2) is 29.2 Å². The Kier molecular flexibility index (Phi) is 5.88. The fourth-order valence-corrected chi connectivity index (χ4v) is 2.15. The van der Waals surface area contributed by atoms with E-state index < -0.39 is 17.7 Å². The molecule has 0 aliphatic carbocycles. The molecule has 0 unspecified atom stereocenters. The summed E-state index contributed by atoms with van der Waals surface area (Å²) < 4.78 is 5.14. The average molecular weight is 297 g/mol. The highest BCUT2D eigenvalue weighted by Gasteiger charge is 2.16. The molecule has 0 saturated carbocycles. The van der Waals surface area contributed by atoms with Crippen molar-refractivity contribution in [1.29, 1.82) is 0 Å². The molecule has 2 N–H and O–H groups in total. The van der Waals surface area contributed by atoms with E-state index in [1.165, 1.54) is 11.8 Å². The number of carboxylic acid groups (broad SMARTS) is 1. The van der Waals surface area contributed by atoms with Gasteiger partial charge in [-0.3, -0.25) is 10.1 Å². The predicted octanol–water partition coefficient (Wildman–Crippen LogP) is 3.60. The predicted molar refractivity (Wildman–Crippen MR) is 79.3 cm³/mol. The Morgan fingerprint density at radius 1 is 1.25 bits per heavy atom. The molecule has 0 radical (unpaired) electrons. The minimum Gasteiger partial charge on any atom is -0.481 e. The van der Waals surface area contributed by atoms with Crippen molar-refractivity contribution in [2.45, 2.75) is 37.7 Å². The summed E-state index contributed by atoms with van der Waals surface area (Å²) in [6.45, 7) is 5.40. The summed E-state index contributed by atoms with van der Waals surface area (Å²) in [7, 11) is 0. The van der Waals surface area contributed by atoms with Gasteiger partial charge in [-0.15, -0.1) is 11.8 Å². The Bertz CT molecular complexity index is 465. The minimum atomic E-state index is -0.805. The van der Waals surface area contributed by atoms with Crippen LogP contribution < -0.4 is 5.32 Å². The smallest absolute Gasteiger partial charge is 0.412 e. The molecular weight excluding hydrogens is 278 g/mol. The number of rotatable bonds is 5. The molecule has 0 atom stereocenters. The number of anilines is 1. The molecule has 20 heavy (non-hydrogen) atoms. The molecule has 0 fully saturated rings. The summed E-state index contributed by atoms with van der Waals surface area (Å²) >= 11 is 1.46. The van der Waals surface area contributed by atoms with E-state index in [9.17, 15) is 9.59 Å². The molecule has 110 valence electrons. The van der Waals surface area contributed by atoms with Crippen LogP contribution >= 0.6 is 11.8 Å². The Morgan fingerprint density at radius 3 is 2.35 bits per heavy atom. The molecule has 0 saturated heterocycles. The molecule has 0 aliphatic heterocycles. The number of hydrogen-bond donors (Lipinski definition) is 2. The first kappa shape index (κ1) is 16.4. The Balaban J connectivity index is 2.46. The van der Waals surface area contributed by atoms with E-state index in [1.807, 2.05) is 12.1 Å². The van der Waals surface area contributed by atoms with E-state index in [0.29, 0.717) is 11.4 Å². The zero-order valence-electron chi connectivity index (χ0n) is 11.8. The number of amides is 1. The van der Waals surface area contributed by atoms with Gasteiger partial charge in [0, 0.05) is 16.3 Å². The van der Waals surface area contributed by atoms with Crippen molar-refractivity contribution in [2.75, 3.05) is 11.1 Å². The number of carbonyl (C=O) groups is 2. The first-order valence-electron chi connectivity index (χ1n) is 6.21. The lowest BCUT2D eigenvalue weighted by molar-refractivity contribution is -0.136. The quantitative estimate of drug-likeness (QED) is 0.812.